The second-order valence-electron chi connectivity index (χ2n) is 23.9. The number of nitro benzene ring substituents is 1. The van der Waals surface area contributed by atoms with Crippen LogP contribution in [-0.4, -0.2) is 58.9 Å². The maximum Gasteiger partial charge on any atom is 0.269 e. The van der Waals surface area contributed by atoms with E-state index in [1.807, 2.05) is 135 Å². The molecule has 12 heteroatoms. The van der Waals surface area contributed by atoms with E-state index in [9.17, 15) is 10.1 Å². The third kappa shape index (κ3) is 10.8. The molecule has 10 heterocycles. The maximum absolute atomic E-state index is 11.4. The van der Waals surface area contributed by atoms with Gasteiger partial charge in [0.05, 0.1) is 94.8 Å². The Morgan fingerprint density at radius 3 is 0.927 bits per heavy atom. The second-order valence-corrected chi connectivity index (χ2v) is 23.9. The van der Waals surface area contributed by atoms with Crippen molar-refractivity contribution in [3.63, 3.8) is 0 Å². The Labute approximate surface area is 549 Å². The van der Waals surface area contributed by atoms with E-state index in [0.717, 1.165) is 155 Å². The van der Waals surface area contributed by atoms with E-state index in [2.05, 4.69) is 169 Å². The summed E-state index contributed by atoms with van der Waals surface area (Å²) in [4.78, 5) is 48.2. The van der Waals surface area contributed by atoms with Crippen LogP contribution in [0, 0.1) is 57.5 Å². The normalized spacial score (nSPS) is 11.9. The summed E-state index contributed by atoms with van der Waals surface area (Å²) in [5.74, 6) is 28.5. The fourth-order valence-corrected chi connectivity index (χ4v) is 12.6. The fourth-order valence-electron chi connectivity index (χ4n) is 12.6. The minimum absolute atomic E-state index is 0.00301. The minimum atomic E-state index is -0.420. The highest BCUT2D eigenvalue weighted by Crippen LogP contribution is 2.38. The van der Waals surface area contributed by atoms with Gasteiger partial charge in [0.15, 0.2) is 0 Å². The van der Waals surface area contributed by atoms with Crippen LogP contribution in [0.1, 0.15) is 90.1 Å². The summed E-state index contributed by atoms with van der Waals surface area (Å²) >= 11 is 0. The van der Waals surface area contributed by atoms with Crippen molar-refractivity contribution in [2.24, 2.45) is 0 Å². The SMILES string of the molecule is CN(C)c1ccc(C#Cc2c3nc(cc4ccc([nH]4)c(C#Cc4c5cc6ccccc6cc5c(C#Cc5c6nc(cc7ccc([nH]7)c(C#Cc7ccc([N+](=O)[O-])cc7)c7nc(cc8ccc5[nH]8)C=C7)C=C6)c5cc6ccccc6cc45)c4nc(cc5ccc2[nH]5)C=C4)C=C3)cc1. The van der Waals surface area contributed by atoms with Crippen LogP contribution in [0.25, 0.3) is 136 Å². The van der Waals surface area contributed by atoms with Crippen LogP contribution in [0.5, 0.6) is 0 Å². The van der Waals surface area contributed by atoms with Gasteiger partial charge in [0.1, 0.15) is 0 Å². The van der Waals surface area contributed by atoms with Crippen LogP contribution >= 0.6 is 0 Å². The number of aromatic amines is 4. The van der Waals surface area contributed by atoms with Crippen LogP contribution < -0.4 is 4.90 Å². The Bertz CT molecular complexity index is 6260. The molecule has 13 aromatic rings. The Hall–Kier alpha value is -13.8. The largest absolute Gasteiger partial charge is 0.378 e. The molecule has 7 aromatic carbocycles. The quantitative estimate of drug-likeness (QED) is 0.0580. The number of fused-ring (bicyclic) bond motifs is 20. The molecule has 0 atom stereocenters. The highest BCUT2D eigenvalue weighted by atomic mass is 16.6. The Balaban J connectivity index is 0.836. The molecule has 0 aliphatic carbocycles. The molecule has 96 heavy (non-hydrogen) atoms. The van der Waals surface area contributed by atoms with Gasteiger partial charge in [-0.15, -0.1) is 0 Å². The summed E-state index contributed by atoms with van der Waals surface area (Å²) in [6.07, 6.45) is 16.0. The molecule has 4 N–H and O–H groups in total. The number of nitrogens with one attached hydrogen (secondary N) is 4. The topological polar surface area (TPSA) is 161 Å². The summed E-state index contributed by atoms with van der Waals surface area (Å²) < 4.78 is 0. The van der Waals surface area contributed by atoms with Crippen molar-refractivity contribution in [1.29, 1.82) is 0 Å². The number of benzene rings is 7. The number of anilines is 1. The van der Waals surface area contributed by atoms with E-state index in [-0.39, 0.29) is 5.69 Å². The smallest absolute Gasteiger partial charge is 0.269 e. The van der Waals surface area contributed by atoms with Gasteiger partial charge in [-0.3, -0.25) is 10.1 Å². The number of hydrogen-bond acceptors (Lipinski definition) is 7. The van der Waals surface area contributed by atoms with Crippen LogP contribution in [-0.2, 0) is 0 Å². The van der Waals surface area contributed by atoms with Gasteiger partial charge in [0.25, 0.3) is 5.69 Å². The summed E-state index contributed by atoms with van der Waals surface area (Å²) in [6.45, 7) is 0. The fraction of sp³-hybridized carbons (Fsp3) is 0.0238. The monoisotopic (exact) mass is 1230 g/mol. The predicted molar refractivity (Wildman–Crippen MR) is 392 cm³/mol. The van der Waals surface area contributed by atoms with Gasteiger partial charge in [-0.1, -0.05) is 95.9 Å². The molecule has 0 radical (unpaired) electrons. The number of aromatic nitrogens is 8. The van der Waals surface area contributed by atoms with E-state index >= 15 is 0 Å². The molecule has 4 aliphatic heterocycles. The van der Waals surface area contributed by atoms with Crippen LogP contribution in [0.2, 0.25) is 0 Å². The standard InChI is InChI=1S/C84H50N10O2/c1-93(2)65-25-11-51(12-26-65)15-29-69-77-35-17-57(85-77)47-61-21-39-81(89-61)71(82-40-22-62(90-82)48-58-18-36-78(69)86-58)33-31-67-73-43-53-7-3-5-9-55(53)45-75(73)68(76-46-56-10-6-4-8-54(56)44-74(67)76)32-34-72-83-41-23-63(91-83)49-59-19-37-79(87-59)70(30-16-52-13-27-66(28-14-52)94(95)96)80-38-20-60(88-80)50-64-24-42-84(72)92-64/h3-14,17-28,35-50,85,87,90,92H,1-2H3. The molecular weight excluding hydrogens is 1180 g/mol. The average Bonchev–Trinajstić information content (AvgIpc) is 0.750. The minimum Gasteiger partial charge on any atom is -0.378 e. The van der Waals surface area contributed by atoms with Crippen molar-refractivity contribution in [3.05, 3.63) is 294 Å². The second kappa shape index (κ2) is 23.2. The predicted octanol–water partition coefficient (Wildman–Crippen LogP) is 17.8. The van der Waals surface area contributed by atoms with Gasteiger partial charge in [-0.05, 0) is 225 Å². The Kier molecular flexibility index (Phi) is 13.6. The van der Waals surface area contributed by atoms with Gasteiger partial charge >= 0.3 is 0 Å². The Morgan fingerprint density at radius 1 is 0.333 bits per heavy atom. The van der Waals surface area contributed by atoms with Crippen molar-refractivity contribution >= 4 is 147 Å². The molecule has 16 bridgehead atoms. The number of non-ortho nitro benzene ring substituents is 1. The summed E-state index contributed by atoms with van der Waals surface area (Å²) in [7, 11) is 4.06. The molecule has 0 unspecified atom stereocenters. The van der Waals surface area contributed by atoms with Gasteiger partial charge in [-0.2, -0.15) is 0 Å². The van der Waals surface area contributed by atoms with Crippen molar-refractivity contribution in [2.45, 2.75) is 0 Å². The first-order valence-electron chi connectivity index (χ1n) is 31.2. The van der Waals surface area contributed by atoms with Crippen molar-refractivity contribution in [3.8, 4) is 47.4 Å². The number of hydrogen-bond donors (Lipinski definition) is 4. The van der Waals surface area contributed by atoms with E-state index < -0.39 is 4.92 Å². The molecular formula is C84H50N10O2. The lowest BCUT2D eigenvalue weighted by Gasteiger charge is -2.14. The van der Waals surface area contributed by atoms with E-state index in [0.29, 0.717) is 28.1 Å². The molecule has 448 valence electrons. The molecule has 0 fully saturated rings. The van der Waals surface area contributed by atoms with Crippen LogP contribution in [0.3, 0.4) is 0 Å². The first kappa shape index (κ1) is 56.2. The highest BCUT2D eigenvalue weighted by molar-refractivity contribution is 6.16. The first-order chi connectivity index (χ1) is 47.1. The summed E-state index contributed by atoms with van der Waals surface area (Å²) in [6, 6.07) is 64.7. The van der Waals surface area contributed by atoms with Crippen molar-refractivity contribution in [2.75, 3.05) is 19.0 Å². The molecule has 12 nitrogen and oxygen atoms in total. The van der Waals surface area contributed by atoms with Crippen molar-refractivity contribution in [1.82, 2.24) is 39.9 Å². The van der Waals surface area contributed by atoms with E-state index in [4.69, 9.17) is 19.9 Å². The number of rotatable bonds is 2. The van der Waals surface area contributed by atoms with E-state index in [1.54, 1.807) is 12.1 Å². The lowest BCUT2D eigenvalue weighted by molar-refractivity contribution is -0.384. The zero-order chi connectivity index (χ0) is 64.4. The molecule has 4 aliphatic rings. The molecule has 0 spiro atoms. The van der Waals surface area contributed by atoms with E-state index in [1.165, 1.54) is 12.1 Å². The molecule has 0 saturated heterocycles. The number of nitro groups is 1. The zero-order valence-electron chi connectivity index (χ0n) is 51.6. The number of H-pyrrole nitrogens is 4. The Morgan fingerprint density at radius 2 is 0.625 bits per heavy atom. The molecule has 0 amide bonds. The lowest BCUT2D eigenvalue weighted by atomic mass is 9.88. The van der Waals surface area contributed by atoms with Gasteiger partial charge in [0.2, 0.25) is 0 Å². The maximum atomic E-state index is 11.4. The third-order valence-corrected chi connectivity index (χ3v) is 17.4. The van der Waals surface area contributed by atoms with Crippen LogP contribution in [0.15, 0.2) is 194 Å². The molecule has 17 rings (SSSR count). The highest BCUT2D eigenvalue weighted by Gasteiger charge is 2.18. The summed E-state index contributed by atoms with van der Waals surface area (Å²) in [5.41, 5.74) is 19.8. The molecule has 0 saturated carbocycles. The van der Waals surface area contributed by atoms with Gasteiger partial charge < -0.3 is 24.8 Å². The number of nitrogens with zero attached hydrogens (tertiary/aromatic N) is 6. The summed E-state index contributed by atoms with van der Waals surface area (Å²) in [5, 5.41) is 19.5. The third-order valence-electron chi connectivity index (χ3n) is 17.4. The van der Waals surface area contributed by atoms with Crippen LogP contribution in [0.4, 0.5) is 11.4 Å². The first-order valence-corrected chi connectivity index (χ1v) is 31.2. The molecule has 6 aromatic heterocycles. The zero-order valence-corrected chi connectivity index (χ0v) is 51.6. The average molecular weight is 1230 g/mol. The van der Waals surface area contributed by atoms with Crippen molar-refractivity contribution < 1.29 is 4.92 Å². The lowest BCUT2D eigenvalue weighted by Crippen LogP contribution is -2.07. The van der Waals surface area contributed by atoms with Gasteiger partial charge in [0, 0.05) is 76.2 Å². The van der Waals surface area contributed by atoms with Gasteiger partial charge in [-0.25, -0.2) is 19.9 Å².